The topological polar surface area (TPSA) is 105 Å². The molecule has 0 bridgehead atoms. The summed E-state index contributed by atoms with van der Waals surface area (Å²) in [6.07, 6.45) is 0. The van der Waals surface area contributed by atoms with Crippen LogP contribution in [0.5, 0.6) is 0 Å². The normalized spacial score (nSPS) is 22.0. The molecule has 8 heteroatoms. The Bertz CT molecular complexity index is 591. The summed E-state index contributed by atoms with van der Waals surface area (Å²) < 4.78 is 0. The number of urea groups is 1. The largest absolute Gasteiger partial charge is 0.393 e. The monoisotopic (exact) mass is 291 g/mol. The quantitative estimate of drug-likeness (QED) is 0.476. The molecule has 2 aliphatic heterocycles. The summed E-state index contributed by atoms with van der Waals surface area (Å²) in [4.78, 5) is 26.0. The van der Waals surface area contributed by atoms with E-state index in [1.165, 1.54) is 6.07 Å². The number of rotatable bonds is 3. The molecular weight excluding hydrogens is 274 g/mol. The molecule has 2 heterocycles. The van der Waals surface area contributed by atoms with Crippen molar-refractivity contribution in [2.45, 2.75) is 12.6 Å². The first-order valence-corrected chi connectivity index (χ1v) is 6.85. The van der Waals surface area contributed by atoms with E-state index in [-0.39, 0.29) is 23.4 Å². The van der Waals surface area contributed by atoms with Gasteiger partial charge in [-0.05, 0) is 5.56 Å². The maximum Gasteiger partial charge on any atom is 0.317 e. The van der Waals surface area contributed by atoms with E-state index in [1.807, 2.05) is 11.0 Å². The van der Waals surface area contributed by atoms with Gasteiger partial charge in [-0.15, -0.1) is 0 Å². The smallest absolute Gasteiger partial charge is 0.317 e. The number of nitro benzene ring substituents is 1. The van der Waals surface area contributed by atoms with Crippen LogP contribution < -0.4 is 11.1 Å². The van der Waals surface area contributed by atoms with E-state index >= 15 is 0 Å². The van der Waals surface area contributed by atoms with Gasteiger partial charge >= 0.3 is 6.03 Å². The molecule has 0 saturated carbocycles. The van der Waals surface area contributed by atoms with Crippen molar-refractivity contribution in [1.82, 2.24) is 15.1 Å². The van der Waals surface area contributed by atoms with E-state index in [4.69, 9.17) is 5.73 Å². The van der Waals surface area contributed by atoms with Gasteiger partial charge in [-0.1, -0.05) is 12.1 Å². The average molecular weight is 291 g/mol. The molecule has 3 rings (SSSR count). The van der Waals surface area contributed by atoms with Crippen LogP contribution in [0.2, 0.25) is 0 Å². The predicted molar refractivity (Wildman–Crippen MR) is 76.7 cm³/mol. The van der Waals surface area contributed by atoms with E-state index in [2.05, 4.69) is 10.2 Å². The first kappa shape index (κ1) is 13.6. The van der Waals surface area contributed by atoms with Crippen molar-refractivity contribution in [2.24, 2.45) is 0 Å². The molecule has 2 amide bonds. The van der Waals surface area contributed by atoms with Gasteiger partial charge in [0.1, 0.15) is 5.69 Å². The summed E-state index contributed by atoms with van der Waals surface area (Å²) >= 11 is 0. The molecule has 2 aliphatic rings. The lowest BCUT2D eigenvalue weighted by Gasteiger charge is -2.36. The number of amides is 2. The molecule has 3 N–H and O–H groups in total. The summed E-state index contributed by atoms with van der Waals surface area (Å²) in [5.41, 5.74) is 6.82. The fourth-order valence-electron chi connectivity index (χ4n) is 2.95. The zero-order valence-corrected chi connectivity index (χ0v) is 11.5. The minimum atomic E-state index is -0.462. The van der Waals surface area contributed by atoms with Crippen LogP contribution in [0.1, 0.15) is 5.56 Å². The second-order valence-electron chi connectivity index (χ2n) is 5.38. The second-order valence-corrected chi connectivity index (χ2v) is 5.38. The Morgan fingerprint density at radius 3 is 3.00 bits per heavy atom. The molecule has 0 radical (unpaired) electrons. The molecule has 0 aliphatic carbocycles. The minimum Gasteiger partial charge on any atom is -0.393 e. The second kappa shape index (κ2) is 5.21. The minimum absolute atomic E-state index is 0.00508. The van der Waals surface area contributed by atoms with E-state index in [0.717, 1.165) is 18.7 Å². The number of hydrogen-bond donors (Lipinski definition) is 2. The molecule has 1 aromatic carbocycles. The third kappa shape index (κ3) is 2.49. The highest BCUT2D eigenvalue weighted by Crippen LogP contribution is 2.26. The van der Waals surface area contributed by atoms with Gasteiger partial charge in [-0.25, -0.2) is 4.79 Å². The summed E-state index contributed by atoms with van der Waals surface area (Å²) in [7, 11) is 0. The van der Waals surface area contributed by atoms with Crippen LogP contribution in [0.25, 0.3) is 0 Å². The Labute approximate surface area is 121 Å². The highest BCUT2D eigenvalue weighted by molar-refractivity contribution is 5.77. The number of carbonyl (C=O) groups excluding carboxylic acids is 1. The number of fused-ring (bicyclic) bond motifs is 1. The highest BCUT2D eigenvalue weighted by atomic mass is 16.6. The van der Waals surface area contributed by atoms with Gasteiger partial charge in [0, 0.05) is 38.8 Å². The molecular formula is C13H17N5O3. The van der Waals surface area contributed by atoms with Crippen LogP contribution in [-0.2, 0) is 6.54 Å². The summed E-state index contributed by atoms with van der Waals surface area (Å²) in [6.45, 7) is 3.38. The average Bonchev–Trinajstić information content (AvgIpc) is 2.82. The number of nitrogens with two attached hydrogens (primary N) is 1. The van der Waals surface area contributed by atoms with Gasteiger partial charge in [0.25, 0.3) is 5.69 Å². The molecule has 2 saturated heterocycles. The van der Waals surface area contributed by atoms with Gasteiger partial charge in [-0.2, -0.15) is 0 Å². The Hall–Kier alpha value is -2.35. The molecule has 21 heavy (non-hydrogen) atoms. The summed E-state index contributed by atoms with van der Waals surface area (Å²) in [5.74, 6) is 0. The first-order valence-electron chi connectivity index (χ1n) is 6.85. The Balaban J connectivity index is 1.72. The Kier molecular flexibility index (Phi) is 3.38. The number of piperazine rings is 1. The van der Waals surface area contributed by atoms with Gasteiger partial charge in [-0.3, -0.25) is 15.0 Å². The van der Waals surface area contributed by atoms with Gasteiger partial charge in [0.2, 0.25) is 0 Å². The fraction of sp³-hybridized carbons (Fsp3) is 0.462. The van der Waals surface area contributed by atoms with Crippen molar-refractivity contribution in [3.63, 3.8) is 0 Å². The zero-order chi connectivity index (χ0) is 15.0. The van der Waals surface area contributed by atoms with Crippen LogP contribution in [0.15, 0.2) is 18.2 Å². The van der Waals surface area contributed by atoms with Crippen LogP contribution in [0.3, 0.4) is 0 Å². The van der Waals surface area contributed by atoms with E-state index in [9.17, 15) is 14.9 Å². The third-order valence-electron chi connectivity index (χ3n) is 4.08. The standard InChI is InChI=1S/C13H17N5O3/c14-12-9(2-1-3-11(12)18(20)21)7-16-4-5-17-10(8-16)6-15-13(17)19/h1-3,10H,4-8,14H2,(H,15,19). The number of benzene rings is 1. The van der Waals surface area contributed by atoms with Crippen LogP contribution >= 0.6 is 0 Å². The lowest BCUT2D eigenvalue weighted by Crippen LogP contribution is -2.51. The van der Waals surface area contributed by atoms with Gasteiger partial charge in [0.05, 0.1) is 11.0 Å². The van der Waals surface area contributed by atoms with E-state index in [0.29, 0.717) is 19.6 Å². The van der Waals surface area contributed by atoms with Crippen LogP contribution in [0, 0.1) is 10.1 Å². The lowest BCUT2D eigenvalue weighted by atomic mass is 10.1. The number of carbonyl (C=O) groups is 1. The van der Waals surface area contributed by atoms with Crippen molar-refractivity contribution in [2.75, 3.05) is 31.9 Å². The van der Waals surface area contributed by atoms with Crippen molar-refractivity contribution in [3.05, 3.63) is 33.9 Å². The number of nitrogen functional groups attached to an aromatic ring is 1. The number of anilines is 1. The molecule has 2 fully saturated rings. The van der Waals surface area contributed by atoms with Crippen molar-refractivity contribution in [3.8, 4) is 0 Å². The number of nitrogens with one attached hydrogen (secondary N) is 1. The number of nitrogens with zero attached hydrogens (tertiary/aromatic N) is 3. The number of hydrogen-bond acceptors (Lipinski definition) is 5. The zero-order valence-electron chi connectivity index (χ0n) is 11.5. The van der Waals surface area contributed by atoms with E-state index in [1.54, 1.807) is 6.07 Å². The summed E-state index contributed by atoms with van der Waals surface area (Å²) in [6, 6.07) is 5.05. The fourth-order valence-corrected chi connectivity index (χ4v) is 2.95. The molecule has 0 aromatic heterocycles. The van der Waals surface area contributed by atoms with Crippen molar-refractivity contribution in [1.29, 1.82) is 0 Å². The van der Waals surface area contributed by atoms with Crippen LogP contribution in [0.4, 0.5) is 16.2 Å². The Morgan fingerprint density at radius 1 is 1.43 bits per heavy atom. The third-order valence-corrected chi connectivity index (χ3v) is 4.08. The van der Waals surface area contributed by atoms with E-state index < -0.39 is 4.92 Å². The maximum absolute atomic E-state index is 11.5. The SMILES string of the molecule is Nc1c(CN2CCN3C(=O)NCC3C2)cccc1[N+](=O)[O-]. The molecule has 1 unspecified atom stereocenters. The molecule has 8 nitrogen and oxygen atoms in total. The lowest BCUT2D eigenvalue weighted by molar-refractivity contribution is -0.384. The molecule has 0 spiro atoms. The first-order chi connectivity index (χ1) is 10.1. The molecule has 1 atom stereocenters. The number of nitro groups is 1. The predicted octanol–water partition coefficient (Wildman–Crippen LogP) is 0.386. The van der Waals surface area contributed by atoms with Crippen molar-refractivity contribution < 1.29 is 9.72 Å². The van der Waals surface area contributed by atoms with Gasteiger partial charge in [0.15, 0.2) is 0 Å². The maximum atomic E-state index is 11.5. The van der Waals surface area contributed by atoms with Crippen LogP contribution in [-0.4, -0.2) is 53.0 Å². The molecule has 1 aromatic rings. The Morgan fingerprint density at radius 2 is 2.24 bits per heavy atom. The van der Waals surface area contributed by atoms with Crippen molar-refractivity contribution >= 4 is 17.4 Å². The summed E-state index contributed by atoms with van der Waals surface area (Å²) in [5, 5.41) is 13.7. The highest BCUT2D eigenvalue weighted by Gasteiger charge is 2.35. The van der Waals surface area contributed by atoms with Gasteiger partial charge < -0.3 is 16.0 Å². The molecule has 112 valence electrons. The number of para-hydroxylation sites is 1.